The Morgan fingerprint density at radius 1 is 1.05 bits per heavy atom. The lowest BCUT2D eigenvalue weighted by atomic mass is 9.95. The van der Waals surface area contributed by atoms with Crippen LogP contribution in [0.15, 0.2) is 121 Å². The van der Waals surface area contributed by atoms with Gasteiger partial charge in [0.1, 0.15) is 17.3 Å². The van der Waals surface area contributed by atoms with Gasteiger partial charge < -0.3 is 14.5 Å². The number of ether oxygens (including phenoxy) is 1. The van der Waals surface area contributed by atoms with Crippen molar-refractivity contribution in [2.24, 2.45) is 4.99 Å². The van der Waals surface area contributed by atoms with Crippen LogP contribution in [0.5, 0.6) is 5.75 Å². The summed E-state index contributed by atoms with van der Waals surface area (Å²) in [5.74, 6) is 1.53. The maximum Gasteiger partial charge on any atom is 0.271 e. The van der Waals surface area contributed by atoms with Gasteiger partial charge in [0.2, 0.25) is 0 Å². The van der Waals surface area contributed by atoms with Crippen molar-refractivity contribution in [2.75, 3.05) is 12.4 Å². The number of carbonyl (C=O) groups is 1. The fourth-order valence-electron chi connectivity index (χ4n) is 4.82. The van der Waals surface area contributed by atoms with Gasteiger partial charge in [-0.1, -0.05) is 69.7 Å². The highest BCUT2D eigenvalue weighted by atomic mass is 79.9. The predicted octanol–water partition coefficient (Wildman–Crippen LogP) is 5.91. The minimum Gasteiger partial charge on any atom is -0.497 e. The lowest BCUT2D eigenvalue weighted by Gasteiger charge is -2.25. The quantitative estimate of drug-likeness (QED) is 0.254. The molecule has 0 saturated heterocycles. The van der Waals surface area contributed by atoms with E-state index in [1.807, 2.05) is 91.0 Å². The Bertz CT molecular complexity index is 1990. The second-order valence-electron chi connectivity index (χ2n) is 9.39. The Balaban J connectivity index is 1.46. The zero-order chi connectivity index (χ0) is 28.5. The van der Waals surface area contributed by atoms with E-state index < -0.39 is 6.04 Å². The van der Waals surface area contributed by atoms with Gasteiger partial charge in [-0.15, -0.1) is 0 Å². The molecule has 6 rings (SSSR count). The zero-order valence-electron chi connectivity index (χ0n) is 22.1. The van der Waals surface area contributed by atoms with Crippen LogP contribution in [0.2, 0.25) is 0 Å². The Kier molecular flexibility index (Phi) is 7.30. The van der Waals surface area contributed by atoms with Crippen LogP contribution in [0.3, 0.4) is 0 Å². The molecular formula is C32H24BrN3O4S. The third-order valence-electron chi connectivity index (χ3n) is 6.72. The lowest BCUT2D eigenvalue weighted by molar-refractivity contribution is -0.113. The first-order chi connectivity index (χ1) is 19.9. The molecule has 0 bridgehead atoms. The molecule has 0 unspecified atom stereocenters. The third kappa shape index (κ3) is 5.33. The molecule has 2 aromatic heterocycles. The third-order valence-corrected chi connectivity index (χ3v) is 8.19. The topological polar surface area (TPSA) is 85.8 Å². The van der Waals surface area contributed by atoms with Crippen LogP contribution >= 0.6 is 27.3 Å². The lowest BCUT2D eigenvalue weighted by Crippen LogP contribution is -2.40. The molecule has 1 N–H and O–H groups in total. The minimum absolute atomic E-state index is 0.264. The van der Waals surface area contributed by atoms with E-state index in [1.54, 1.807) is 24.7 Å². The molecule has 0 saturated carbocycles. The van der Waals surface area contributed by atoms with Gasteiger partial charge in [0.25, 0.3) is 11.5 Å². The van der Waals surface area contributed by atoms with Crippen molar-refractivity contribution in [3.05, 3.63) is 138 Å². The molecule has 1 aliphatic heterocycles. The van der Waals surface area contributed by atoms with E-state index in [0.717, 1.165) is 15.6 Å². The van der Waals surface area contributed by atoms with Crippen molar-refractivity contribution >= 4 is 44.9 Å². The van der Waals surface area contributed by atoms with Gasteiger partial charge in [0.05, 0.1) is 29.0 Å². The average Bonchev–Trinajstić information content (AvgIpc) is 3.57. The molecule has 0 spiro atoms. The Labute approximate surface area is 247 Å². The van der Waals surface area contributed by atoms with E-state index in [4.69, 9.17) is 14.1 Å². The number of thiazole rings is 1. The van der Waals surface area contributed by atoms with Gasteiger partial charge in [-0.3, -0.25) is 14.2 Å². The van der Waals surface area contributed by atoms with Crippen LogP contribution in [-0.2, 0) is 4.79 Å². The van der Waals surface area contributed by atoms with Gasteiger partial charge in [-0.05, 0) is 61.0 Å². The number of aromatic nitrogens is 1. The highest BCUT2D eigenvalue weighted by Gasteiger charge is 2.32. The number of fused-ring (bicyclic) bond motifs is 1. The summed E-state index contributed by atoms with van der Waals surface area (Å²) in [5.41, 5.74) is 2.96. The monoisotopic (exact) mass is 625 g/mol. The summed E-state index contributed by atoms with van der Waals surface area (Å²) in [5, 5.41) is 2.96. The molecule has 0 radical (unpaired) electrons. The second-order valence-corrected chi connectivity index (χ2v) is 11.3. The molecule has 1 aliphatic rings. The number of amides is 1. The Morgan fingerprint density at radius 2 is 1.85 bits per heavy atom. The van der Waals surface area contributed by atoms with Gasteiger partial charge in [0.15, 0.2) is 4.80 Å². The normalized spacial score (nSPS) is 14.9. The Hall–Kier alpha value is -4.47. The summed E-state index contributed by atoms with van der Waals surface area (Å²) >= 11 is 4.75. The van der Waals surface area contributed by atoms with E-state index in [2.05, 4.69) is 21.2 Å². The van der Waals surface area contributed by atoms with E-state index in [-0.39, 0.29) is 11.5 Å². The molecule has 0 fully saturated rings. The molecule has 3 heterocycles. The molecular weight excluding hydrogens is 602 g/mol. The standard InChI is InChI=1S/C32H24BrN3O4S/c1-19-28(30(37)35-23-11-4-3-5-12-23)29(21-9-7-13-24(17-21)39-2)36-31(38)27(41-32(36)34-19)18-25-14-15-26(40-25)20-8-6-10-22(33)16-20/h3-18,29H,1-2H3,(H,35,37)/b27-18-/t29-/m0/s1. The van der Waals surface area contributed by atoms with Crippen molar-refractivity contribution in [1.29, 1.82) is 0 Å². The first-order valence-electron chi connectivity index (χ1n) is 12.8. The van der Waals surface area contributed by atoms with E-state index in [1.165, 1.54) is 11.3 Å². The highest BCUT2D eigenvalue weighted by Crippen LogP contribution is 2.32. The van der Waals surface area contributed by atoms with Gasteiger partial charge in [-0.2, -0.15) is 0 Å². The van der Waals surface area contributed by atoms with E-state index in [9.17, 15) is 9.59 Å². The van der Waals surface area contributed by atoms with Crippen LogP contribution in [0.1, 0.15) is 24.3 Å². The second kappa shape index (κ2) is 11.2. The van der Waals surface area contributed by atoms with Crippen LogP contribution in [0.4, 0.5) is 5.69 Å². The molecule has 0 aliphatic carbocycles. The summed E-state index contributed by atoms with van der Waals surface area (Å²) in [6.07, 6.45) is 1.72. The van der Waals surface area contributed by atoms with Gasteiger partial charge in [0, 0.05) is 21.8 Å². The SMILES string of the molecule is COc1cccc([C@H]2C(C(=O)Nc3ccccc3)=C(C)N=c3s/c(=C\c4ccc(-c5cccc(Br)c5)o4)c(=O)n32)c1. The molecule has 7 nitrogen and oxygen atoms in total. The van der Waals surface area contributed by atoms with E-state index in [0.29, 0.717) is 43.6 Å². The molecule has 1 amide bonds. The number of nitrogens with zero attached hydrogens (tertiary/aromatic N) is 2. The molecule has 204 valence electrons. The van der Waals surface area contributed by atoms with Crippen molar-refractivity contribution in [3.8, 4) is 17.1 Å². The average molecular weight is 627 g/mol. The number of anilines is 1. The maximum atomic E-state index is 14.0. The van der Waals surface area contributed by atoms with E-state index >= 15 is 0 Å². The molecule has 3 aromatic carbocycles. The number of nitrogens with one attached hydrogen (secondary N) is 1. The van der Waals surface area contributed by atoms with Crippen LogP contribution in [-0.4, -0.2) is 17.6 Å². The van der Waals surface area contributed by atoms with Crippen LogP contribution in [0.25, 0.3) is 17.4 Å². The number of hydrogen-bond donors (Lipinski definition) is 1. The minimum atomic E-state index is -0.707. The summed E-state index contributed by atoms with van der Waals surface area (Å²) in [4.78, 5) is 32.9. The maximum absolute atomic E-state index is 14.0. The summed E-state index contributed by atoms with van der Waals surface area (Å²) < 4.78 is 14.5. The fourth-order valence-corrected chi connectivity index (χ4v) is 6.24. The van der Waals surface area contributed by atoms with Crippen molar-refractivity contribution in [3.63, 3.8) is 0 Å². The van der Waals surface area contributed by atoms with Gasteiger partial charge >= 0.3 is 0 Å². The number of para-hydroxylation sites is 1. The summed E-state index contributed by atoms with van der Waals surface area (Å²) in [7, 11) is 1.58. The van der Waals surface area contributed by atoms with Crippen LogP contribution < -0.4 is 24.9 Å². The predicted molar refractivity (Wildman–Crippen MR) is 164 cm³/mol. The number of carbonyl (C=O) groups excluding carboxylic acids is 1. The highest BCUT2D eigenvalue weighted by molar-refractivity contribution is 9.10. The largest absolute Gasteiger partial charge is 0.497 e. The summed E-state index contributed by atoms with van der Waals surface area (Å²) in [6.45, 7) is 1.79. The number of benzene rings is 3. The fraction of sp³-hybridized carbons (Fsp3) is 0.0938. The smallest absolute Gasteiger partial charge is 0.271 e. The number of methoxy groups -OCH3 is 1. The number of hydrogen-bond acceptors (Lipinski definition) is 6. The van der Waals surface area contributed by atoms with Crippen molar-refractivity contribution in [2.45, 2.75) is 13.0 Å². The molecule has 1 atom stereocenters. The summed E-state index contributed by atoms with van der Waals surface area (Å²) in [6, 6.07) is 27.4. The number of halogens is 1. The van der Waals surface area contributed by atoms with Gasteiger partial charge in [-0.25, -0.2) is 4.99 Å². The van der Waals surface area contributed by atoms with Crippen molar-refractivity contribution < 1.29 is 13.9 Å². The number of allylic oxidation sites excluding steroid dienone is 1. The number of furan rings is 1. The molecule has 9 heteroatoms. The molecule has 41 heavy (non-hydrogen) atoms. The Morgan fingerprint density at radius 3 is 2.63 bits per heavy atom. The molecule has 5 aromatic rings. The van der Waals surface area contributed by atoms with Crippen molar-refractivity contribution in [1.82, 2.24) is 4.57 Å². The first kappa shape index (κ1) is 26.7. The number of rotatable bonds is 6. The van der Waals surface area contributed by atoms with Crippen LogP contribution in [0, 0.1) is 0 Å². The first-order valence-corrected chi connectivity index (χ1v) is 14.4. The zero-order valence-corrected chi connectivity index (χ0v) is 24.5.